The monoisotopic (exact) mass is 237 g/mol. The molecular weight excluding hydrogens is 218 g/mol. The highest BCUT2D eigenvalue weighted by Gasteiger charge is 2.15. The van der Waals surface area contributed by atoms with E-state index in [1.807, 2.05) is 38.1 Å². The van der Waals surface area contributed by atoms with E-state index in [1.54, 1.807) is 0 Å². The molecule has 0 spiro atoms. The van der Waals surface area contributed by atoms with Crippen molar-refractivity contribution in [1.82, 2.24) is 0 Å². The van der Waals surface area contributed by atoms with Gasteiger partial charge in [-0.1, -0.05) is 19.4 Å². The van der Waals surface area contributed by atoms with Gasteiger partial charge < -0.3 is 15.2 Å². The number of nitrogens with one attached hydrogen (secondary N) is 1. The molecule has 0 bridgehead atoms. The molecule has 0 aliphatic rings. The molecule has 2 N–H and O–H groups in total. The Hall–Kier alpha value is -1.71. The maximum absolute atomic E-state index is 11.0. The Morgan fingerprint density at radius 1 is 1.47 bits per heavy atom. The Morgan fingerprint density at radius 3 is 2.82 bits per heavy atom. The first-order chi connectivity index (χ1) is 8.17. The molecule has 17 heavy (non-hydrogen) atoms. The number of rotatable bonds is 7. The lowest BCUT2D eigenvalue weighted by molar-refractivity contribution is -0.138. The van der Waals surface area contributed by atoms with Crippen LogP contribution in [0.25, 0.3) is 0 Å². The fraction of sp³-hybridized carbons (Fsp3) is 0.462. The first-order valence-corrected chi connectivity index (χ1v) is 5.89. The van der Waals surface area contributed by atoms with Gasteiger partial charge in [0.15, 0.2) is 0 Å². The van der Waals surface area contributed by atoms with Crippen LogP contribution in [-0.2, 0) is 4.79 Å². The summed E-state index contributed by atoms with van der Waals surface area (Å²) in [4.78, 5) is 11.0. The van der Waals surface area contributed by atoms with Crippen molar-refractivity contribution in [3.63, 3.8) is 0 Å². The number of carboxylic acids is 1. The molecule has 0 saturated heterocycles. The molecule has 1 aromatic carbocycles. The van der Waals surface area contributed by atoms with Crippen molar-refractivity contribution in [1.29, 1.82) is 0 Å². The van der Waals surface area contributed by atoms with Crippen LogP contribution in [0.4, 0.5) is 5.69 Å². The van der Waals surface area contributed by atoms with Crippen LogP contribution < -0.4 is 10.1 Å². The number of benzene rings is 1. The van der Waals surface area contributed by atoms with Crippen LogP contribution in [0.3, 0.4) is 0 Å². The lowest BCUT2D eigenvalue weighted by Crippen LogP contribution is -2.28. The molecule has 94 valence electrons. The number of anilines is 1. The van der Waals surface area contributed by atoms with Gasteiger partial charge in [-0.25, -0.2) is 4.79 Å². The average molecular weight is 237 g/mol. The minimum absolute atomic E-state index is 0.545. The van der Waals surface area contributed by atoms with Gasteiger partial charge in [-0.3, -0.25) is 0 Å². The third-order valence-corrected chi connectivity index (χ3v) is 2.36. The van der Waals surface area contributed by atoms with Gasteiger partial charge >= 0.3 is 5.97 Å². The summed E-state index contributed by atoms with van der Waals surface area (Å²) in [5.74, 6) is -0.0770. The lowest BCUT2D eigenvalue weighted by Gasteiger charge is -2.15. The van der Waals surface area contributed by atoms with E-state index in [1.165, 1.54) is 0 Å². The quantitative estimate of drug-likeness (QED) is 0.765. The third kappa shape index (κ3) is 4.34. The van der Waals surface area contributed by atoms with Crippen LogP contribution in [0.2, 0.25) is 0 Å². The van der Waals surface area contributed by atoms with Crippen molar-refractivity contribution >= 4 is 11.7 Å². The van der Waals surface area contributed by atoms with E-state index in [2.05, 4.69) is 5.32 Å². The maximum Gasteiger partial charge on any atom is 0.326 e. The summed E-state index contributed by atoms with van der Waals surface area (Å²) >= 11 is 0. The zero-order valence-electron chi connectivity index (χ0n) is 10.3. The van der Waals surface area contributed by atoms with Crippen molar-refractivity contribution in [2.24, 2.45) is 0 Å². The van der Waals surface area contributed by atoms with Crippen molar-refractivity contribution in [2.45, 2.75) is 32.7 Å². The molecule has 0 aliphatic carbocycles. The zero-order valence-corrected chi connectivity index (χ0v) is 10.3. The molecule has 4 heteroatoms. The van der Waals surface area contributed by atoms with Gasteiger partial charge in [0, 0.05) is 11.8 Å². The summed E-state index contributed by atoms with van der Waals surface area (Å²) in [6, 6.07) is 6.81. The van der Waals surface area contributed by atoms with Gasteiger partial charge in [0.05, 0.1) is 6.61 Å². The number of hydrogen-bond acceptors (Lipinski definition) is 3. The molecule has 1 rings (SSSR count). The summed E-state index contributed by atoms with van der Waals surface area (Å²) in [6.45, 7) is 4.48. The molecule has 0 aliphatic heterocycles. The van der Waals surface area contributed by atoms with Crippen LogP contribution in [0.15, 0.2) is 24.3 Å². The summed E-state index contributed by atoms with van der Waals surface area (Å²) in [5.41, 5.74) is 0.775. The summed E-state index contributed by atoms with van der Waals surface area (Å²) in [6.07, 6.45) is 1.43. The molecule has 0 heterocycles. The Kier molecular flexibility index (Phi) is 5.33. The first-order valence-electron chi connectivity index (χ1n) is 5.89. The Balaban J connectivity index is 2.71. The number of carboxylic acid groups (broad SMARTS) is 1. The highest BCUT2D eigenvalue weighted by atomic mass is 16.5. The molecule has 1 atom stereocenters. The van der Waals surface area contributed by atoms with Crippen LogP contribution in [0.1, 0.15) is 26.7 Å². The summed E-state index contributed by atoms with van der Waals surface area (Å²) in [5, 5.41) is 12.0. The second kappa shape index (κ2) is 6.78. The number of carbonyl (C=O) groups is 1. The fourth-order valence-electron chi connectivity index (χ4n) is 1.59. The van der Waals surface area contributed by atoms with Crippen molar-refractivity contribution in [3.05, 3.63) is 24.3 Å². The molecular formula is C13H19NO3. The molecule has 0 saturated carbocycles. The normalized spacial score (nSPS) is 11.9. The number of ether oxygens (including phenoxy) is 1. The second-order valence-electron chi connectivity index (χ2n) is 3.78. The zero-order chi connectivity index (χ0) is 12.7. The molecule has 0 amide bonds. The van der Waals surface area contributed by atoms with Gasteiger partial charge in [0.2, 0.25) is 0 Å². The first kappa shape index (κ1) is 13.4. The topological polar surface area (TPSA) is 58.6 Å². The SMILES string of the molecule is CCCC(Nc1cccc(OCC)c1)C(=O)O. The Morgan fingerprint density at radius 2 is 2.24 bits per heavy atom. The smallest absolute Gasteiger partial charge is 0.326 e. The minimum Gasteiger partial charge on any atom is -0.494 e. The molecule has 0 aromatic heterocycles. The third-order valence-electron chi connectivity index (χ3n) is 2.36. The van der Waals surface area contributed by atoms with Gasteiger partial charge in [-0.15, -0.1) is 0 Å². The van der Waals surface area contributed by atoms with Gasteiger partial charge in [-0.2, -0.15) is 0 Å². The van der Waals surface area contributed by atoms with E-state index < -0.39 is 12.0 Å². The van der Waals surface area contributed by atoms with Gasteiger partial charge in [0.1, 0.15) is 11.8 Å². The van der Waals surface area contributed by atoms with Crippen molar-refractivity contribution < 1.29 is 14.6 Å². The highest BCUT2D eigenvalue weighted by Crippen LogP contribution is 2.18. The Bertz CT molecular complexity index is 365. The molecule has 0 radical (unpaired) electrons. The van der Waals surface area contributed by atoms with E-state index >= 15 is 0 Å². The summed E-state index contributed by atoms with van der Waals surface area (Å²) in [7, 11) is 0. The van der Waals surface area contributed by atoms with Crippen LogP contribution in [0.5, 0.6) is 5.75 Å². The van der Waals surface area contributed by atoms with E-state index in [4.69, 9.17) is 9.84 Å². The summed E-state index contributed by atoms with van der Waals surface area (Å²) < 4.78 is 5.36. The number of hydrogen-bond donors (Lipinski definition) is 2. The lowest BCUT2D eigenvalue weighted by atomic mass is 10.1. The van der Waals surface area contributed by atoms with E-state index in [-0.39, 0.29) is 0 Å². The predicted molar refractivity (Wildman–Crippen MR) is 67.6 cm³/mol. The number of aliphatic carboxylic acids is 1. The molecule has 0 fully saturated rings. The van der Waals surface area contributed by atoms with Crippen LogP contribution in [0, 0.1) is 0 Å². The second-order valence-corrected chi connectivity index (χ2v) is 3.78. The standard InChI is InChI=1S/C13H19NO3/c1-3-6-12(13(15)16)14-10-7-5-8-11(9-10)17-4-2/h5,7-9,12,14H,3-4,6H2,1-2H3,(H,15,16). The van der Waals surface area contributed by atoms with Crippen LogP contribution >= 0.6 is 0 Å². The van der Waals surface area contributed by atoms with E-state index in [0.717, 1.165) is 17.9 Å². The fourth-order valence-corrected chi connectivity index (χ4v) is 1.59. The molecule has 4 nitrogen and oxygen atoms in total. The van der Waals surface area contributed by atoms with Gasteiger partial charge in [0.25, 0.3) is 0 Å². The van der Waals surface area contributed by atoms with Gasteiger partial charge in [-0.05, 0) is 25.5 Å². The average Bonchev–Trinajstić information content (AvgIpc) is 2.29. The molecule has 1 unspecified atom stereocenters. The van der Waals surface area contributed by atoms with Crippen LogP contribution in [-0.4, -0.2) is 23.7 Å². The van der Waals surface area contributed by atoms with Crippen molar-refractivity contribution in [3.8, 4) is 5.75 Å². The largest absolute Gasteiger partial charge is 0.494 e. The highest BCUT2D eigenvalue weighted by molar-refractivity contribution is 5.77. The van der Waals surface area contributed by atoms with Crippen molar-refractivity contribution in [2.75, 3.05) is 11.9 Å². The maximum atomic E-state index is 11.0. The van der Waals surface area contributed by atoms with E-state index in [0.29, 0.717) is 13.0 Å². The Labute approximate surface area is 102 Å². The van der Waals surface area contributed by atoms with E-state index in [9.17, 15) is 4.79 Å². The molecule has 1 aromatic rings. The minimum atomic E-state index is -0.825. The predicted octanol–water partition coefficient (Wildman–Crippen LogP) is 2.75.